The molecule has 0 bridgehead atoms. The standard InChI is InChI=1S/C28H36N6O4/c1-19-8-10-21(11-9-19)26-30-32-34(31-26)18-24(35)33(17-23-7-6-16-38-23)25(27(36)29-28(2,3)4)20-12-14-22(37-5)15-13-20/h8-15,23,25H,6-7,16-18H2,1-5H3,(H,29,36)/t23-,25+/m0/s1. The summed E-state index contributed by atoms with van der Waals surface area (Å²) in [6.45, 7) is 8.48. The van der Waals surface area contributed by atoms with E-state index in [2.05, 4.69) is 20.7 Å². The lowest BCUT2D eigenvalue weighted by Gasteiger charge is -2.35. The summed E-state index contributed by atoms with van der Waals surface area (Å²) in [6.07, 6.45) is 1.58. The van der Waals surface area contributed by atoms with E-state index >= 15 is 0 Å². The number of hydrogen-bond acceptors (Lipinski definition) is 7. The molecule has 0 radical (unpaired) electrons. The molecule has 1 fully saturated rings. The second kappa shape index (κ2) is 11.7. The lowest BCUT2D eigenvalue weighted by atomic mass is 10.0. The first-order valence-electron chi connectivity index (χ1n) is 12.8. The Morgan fingerprint density at radius 1 is 1.16 bits per heavy atom. The van der Waals surface area contributed by atoms with Crippen molar-refractivity contribution >= 4 is 11.8 Å². The molecule has 1 aromatic heterocycles. The van der Waals surface area contributed by atoms with Gasteiger partial charge in [0.05, 0.1) is 13.2 Å². The molecule has 0 unspecified atom stereocenters. The van der Waals surface area contributed by atoms with Crippen LogP contribution in [-0.4, -0.2) is 68.8 Å². The van der Waals surface area contributed by atoms with Crippen molar-refractivity contribution in [3.8, 4) is 17.1 Å². The summed E-state index contributed by atoms with van der Waals surface area (Å²) >= 11 is 0. The zero-order valence-corrected chi connectivity index (χ0v) is 22.7. The highest BCUT2D eigenvalue weighted by molar-refractivity contribution is 5.89. The van der Waals surface area contributed by atoms with Crippen molar-refractivity contribution in [2.45, 2.75) is 64.8 Å². The van der Waals surface area contributed by atoms with Crippen LogP contribution >= 0.6 is 0 Å². The average Bonchev–Trinajstić information content (AvgIpc) is 3.56. The van der Waals surface area contributed by atoms with E-state index in [0.29, 0.717) is 23.7 Å². The van der Waals surface area contributed by atoms with Crippen LogP contribution in [0.3, 0.4) is 0 Å². The minimum Gasteiger partial charge on any atom is -0.497 e. The Morgan fingerprint density at radius 2 is 1.87 bits per heavy atom. The summed E-state index contributed by atoms with van der Waals surface area (Å²) in [7, 11) is 1.59. The maximum Gasteiger partial charge on any atom is 0.247 e. The fourth-order valence-corrected chi connectivity index (χ4v) is 4.40. The minimum atomic E-state index is -0.878. The van der Waals surface area contributed by atoms with Crippen LogP contribution in [0.5, 0.6) is 5.75 Å². The van der Waals surface area contributed by atoms with Gasteiger partial charge >= 0.3 is 0 Å². The number of hydrogen-bond donors (Lipinski definition) is 1. The van der Waals surface area contributed by atoms with E-state index in [1.165, 1.54) is 4.80 Å². The topological polar surface area (TPSA) is 111 Å². The Kier molecular flexibility index (Phi) is 8.41. The number of methoxy groups -OCH3 is 1. The van der Waals surface area contributed by atoms with Crippen molar-refractivity contribution in [2.24, 2.45) is 0 Å². The molecule has 10 heteroatoms. The number of carbonyl (C=O) groups excluding carboxylic acids is 2. The molecule has 2 amide bonds. The molecule has 0 aliphatic carbocycles. The first kappa shape index (κ1) is 27.3. The summed E-state index contributed by atoms with van der Waals surface area (Å²) in [4.78, 5) is 30.4. The SMILES string of the molecule is COc1ccc([C@H](C(=O)NC(C)(C)C)N(C[C@@H]2CCCO2)C(=O)Cn2nnc(-c3ccc(C)cc3)n2)cc1. The maximum absolute atomic E-state index is 13.8. The van der Waals surface area contributed by atoms with E-state index < -0.39 is 11.6 Å². The molecule has 2 atom stereocenters. The van der Waals surface area contributed by atoms with Gasteiger partial charge in [-0.1, -0.05) is 42.0 Å². The lowest BCUT2D eigenvalue weighted by Crippen LogP contribution is -2.51. The summed E-state index contributed by atoms with van der Waals surface area (Å²) < 4.78 is 11.2. The van der Waals surface area contributed by atoms with E-state index in [4.69, 9.17) is 9.47 Å². The van der Waals surface area contributed by atoms with Gasteiger partial charge in [-0.2, -0.15) is 4.80 Å². The molecular weight excluding hydrogens is 484 g/mol. The summed E-state index contributed by atoms with van der Waals surface area (Å²) in [5.74, 6) is 0.510. The van der Waals surface area contributed by atoms with Crippen molar-refractivity contribution < 1.29 is 19.1 Å². The minimum absolute atomic E-state index is 0.158. The largest absolute Gasteiger partial charge is 0.497 e. The Bertz CT molecular complexity index is 1230. The number of nitrogens with zero attached hydrogens (tertiary/aromatic N) is 5. The zero-order valence-electron chi connectivity index (χ0n) is 22.7. The molecule has 0 saturated carbocycles. The van der Waals surface area contributed by atoms with E-state index in [9.17, 15) is 9.59 Å². The van der Waals surface area contributed by atoms with E-state index in [1.807, 2.05) is 64.1 Å². The van der Waals surface area contributed by atoms with Crippen LogP contribution in [0.1, 0.15) is 50.8 Å². The Morgan fingerprint density at radius 3 is 2.47 bits per heavy atom. The predicted molar refractivity (Wildman–Crippen MR) is 142 cm³/mol. The average molecular weight is 521 g/mol. The van der Waals surface area contributed by atoms with Gasteiger partial charge in [-0.3, -0.25) is 9.59 Å². The van der Waals surface area contributed by atoms with Crippen molar-refractivity contribution in [3.63, 3.8) is 0 Å². The van der Waals surface area contributed by atoms with Gasteiger partial charge in [-0.15, -0.1) is 10.2 Å². The Hall–Kier alpha value is -3.79. The monoisotopic (exact) mass is 520 g/mol. The molecule has 1 saturated heterocycles. The van der Waals surface area contributed by atoms with Gasteiger partial charge in [0.25, 0.3) is 0 Å². The Balaban J connectivity index is 1.64. The number of aryl methyl sites for hydroxylation is 1. The Labute approximate surface area is 223 Å². The number of tetrazole rings is 1. The molecule has 2 aromatic carbocycles. The van der Waals surface area contributed by atoms with Crippen molar-refractivity contribution in [2.75, 3.05) is 20.3 Å². The summed E-state index contributed by atoms with van der Waals surface area (Å²) in [5.41, 5.74) is 2.12. The first-order chi connectivity index (χ1) is 18.1. The highest BCUT2D eigenvalue weighted by Crippen LogP contribution is 2.27. The van der Waals surface area contributed by atoms with Gasteiger partial charge in [0.1, 0.15) is 18.3 Å². The molecule has 4 rings (SSSR count). The molecule has 1 N–H and O–H groups in total. The van der Waals surface area contributed by atoms with Gasteiger partial charge in [0.2, 0.25) is 17.6 Å². The van der Waals surface area contributed by atoms with Crippen LogP contribution in [0.4, 0.5) is 0 Å². The summed E-state index contributed by atoms with van der Waals surface area (Å²) in [6, 6.07) is 14.1. The fraction of sp³-hybridized carbons (Fsp3) is 0.464. The molecular formula is C28H36N6O4. The molecule has 2 heterocycles. The zero-order chi connectivity index (χ0) is 27.3. The molecule has 38 heavy (non-hydrogen) atoms. The van der Waals surface area contributed by atoms with Crippen LogP contribution in [0, 0.1) is 6.92 Å². The van der Waals surface area contributed by atoms with Gasteiger partial charge < -0.3 is 19.7 Å². The number of carbonyl (C=O) groups is 2. The first-order valence-corrected chi connectivity index (χ1v) is 12.8. The van der Waals surface area contributed by atoms with Gasteiger partial charge in [-0.25, -0.2) is 0 Å². The van der Waals surface area contributed by atoms with Crippen molar-refractivity contribution in [1.82, 2.24) is 30.4 Å². The number of ether oxygens (including phenoxy) is 2. The number of rotatable bonds is 9. The normalized spacial score (nSPS) is 16.2. The molecule has 1 aliphatic heterocycles. The van der Waals surface area contributed by atoms with Crippen LogP contribution in [-0.2, 0) is 20.9 Å². The number of amides is 2. The maximum atomic E-state index is 13.8. The van der Waals surface area contributed by atoms with Gasteiger partial charge in [0, 0.05) is 24.3 Å². The van der Waals surface area contributed by atoms with E-state index in [-0.39, 0.29) is 31.0 Å². The lowest BCUT2D eigenvalue weighted by molar-refractivity contribution is -0.144. The summed E-state index contributed by atoms with van der Waals surface area (Å²) in [5, 5.41) is 15.7. The third kappa shape index (κ3) is 6.95. The van der Waals surface area contributed by atoms with Crippen LogP contribution in [0.2, 0.25) is 0 Å². The fourth-order valence-electron chi connectivity index (χ4n) is 4.40. The molecule has 3 aromatic rings. The highest BCUT2D eigenvalue weighted by Gasteiger charge is 2.36. The molecule has 10 nitrogen and oxygen atoms in total. The van der Waals surface area contributed by atoms with Gasteiger partial charge in [-0.05, 0) is 63.4 Å². The number of aromatic nitrogens is 4. The highest BCUT2D eigenvalue weighted by atomic mass is 16.5. The smallest absolute Gasteiger partial charge is 0.247 e. The van der Waals surface area contributed by atoms with Crippen LogP contribution in [0.15, 0.2) is 48.5 Å². The number of benzene rings is 2. The third-order valence-electron chi connectivity index (χ3n) is 6.27. The second-order valence-corrected chi connectivity index (χ2v) is 10.6. The van der Waals surface area contributed by atoms with Gasteiger partial charge in [0.15, 0.2) is 0 Å². The van der Waals surface area contributed by atoms with Crippen molar-refractivity contribution in [3.05, 3.63) is 59.7 Å². The number of nitrogens with one attached hydrogen (secondary N) is 1. The third-order valence-corrected chi connectivity index (χ3v) is 6.27. The van der Waals surface area contributed by atoms with E-state index in [0.717, 1.165) is 24.0 Å². The second-order valence-electron chi connectivity index (χ2n) is 10.6. The van der Waals surface area contributed by atoms with Crippen LogP contribution < -0.4 is 10.1 Å². The molecule has 0 spiro atoms. The quantitative estimate of drug-likeness (QED) is 0.461. The van der Waals surface area contributed by atoms with E-state index in [1.54, 1.807) is 24.1 Å². The van der Waals surface area contributed by atoms with Crippen LogP contribution in [0.25, 0.3) is 11.4 Å². The van der Waals surface area contributed by atoms with Crippen molar-refractivity contribution in [1.29, 1.82) is 0 Å². The predicted octanol–water partition coefficient (Wildman–Crippen LogP) is 3.32. The molecule has 1 aliphatic rings. The molecule has 202 valence electrons.